The second-order valence-corrected chi connectivity index (χ2v) is 8.92. The van der Waals surface area contributed by atoms with Gasteiger partial charge in [-0.3, -0.25) is 24.7 Å². The highest BCUT2D eigenvalue weighted by molar-refractivity contribution is 6.05. The summed E-state index contributed by atoms with van der Waals surface area (Å²) < 4.78 is 0. The Bertz CT molecular complexity index is 830. The third-order valence-corrected chi connectivity index (χ3v) is 5.60. The number of phenolic OH excluding ortho intramolecular Hbond substituents is 1. The molecule has 1 atom stereocenters. The van der Waals surface area contributed by atoms with Gasteiger partial charge in [-0.2, -0.15) is 0 Å². The number of imide groups is 1. The number of hydrogen-bond acceptors (Lipinski definition) is 5. The Morgan fingerprint density at radius 1 is 1.24 bits per heavy atom. The number of carboxylic acid groups (broad SMARTS) is 1. The second-order valence-electron chi connectivity index (χ2n) is 8.92. The molecule has 3 N–H and O–H groups in total. The van der Waals surface area contributed by atoms with Gasteiger partial charge < -0.3 is 10.2 Å². The summed E-state index contributed by atoms with van der Waals surface area (Å²) in [5, 5.41) is 22.6. The highest BCUT2D eigenvalue weighted by Crippen LogP contribution is 2.38. The fraction of sp³-hybridized carbons (Fsp3) is 0.571. The Morgan fingerprint density at radius 3 is 2.59 bits per heavy atom. The minimum absolute atomic E-state index is 0.173. The van der Waals surface area contributed by atoms with E-state index in [0.717, 1.165) is 13.0 Å². The van der Waals surface area contributed by atoms with Gasteiger partial charge in [-0.15, -0.1) is 0 Å². The molecule has 1 aromatic rings. The van der Waals surface area contributed by atoms with Gasteiger partial charge >= 0.3 is 12.0 Å². The quantitative estimate of drug-likeness (QED) is 0.712. The van der Waals surface area contributed by atoms with Crippen molar-refractivity contribution in [3.05, 3.63) is 23.3 Å². The van der Waals surface area contributed by atoms with Crippen molar-refractivity contribution < 1.29 is 24.6 Å². The van der Waals surface area contributed by atoms with Crippen LogP contribution in [-0.2, 0) is 21.5 Å². The smallest absolute Gasteiger partial charge is 0.328 e. The monoisotopic (exact) mass is 403 g/mol. The van der Waals surface area contributed by atoms with Crippen LogP contribution in [0.15, 0.2) is 12.1 Å². The number of hydrogen-bond donors (Lipinski definition) is 3. The number of benzene rings is 1. The molecule has 3 rings (SSSR count). The number of rotatable bonds is 4. The number of aliphatic carboxylic acids is 1. The maximum atomic E-state index is 12.3. The minimum atomic E-state index is -0.794. The molecule has 8 nitrogen and oxygen atoms in total. The van der Waals surface area contributed by atoms with Gasteiger partial charge in [0.25, 0.3) is 0 Å². The van der Waals surface area contributed by atoms with E-state index in [4.69, 9.17) is 0 Å². The topological polar surface area (TPSA) is 110 Å². The molecule has 0 bridgehead atoms. The van der Waals surface area contributed by atoms with E-state index in [-0.39, 0.29) is 30.0 Å². The number of carbonyl (C=O) groups excluding carboxylic acids is 2. The van der Waals surface area contributed by atoms with Gasteiger partial charge in [0.05, 0.1) is 5.92 Å². The molecule has 158 valence electrons. The van der Waals surface area contributed by atoms with Gasteiger partial charge in [-0.1, -0.05) is 20.8 Å². The highest BCUT2D eigenvalue weighted by Gasteiger charge is 2.30. The van der Waals surface area contributed by atoms with Crippen LogP contribution in [0.1, 0.15) is 51.2 Å². The number of anilines is 1. The van der Waals surface area contributed by atoms with Crippen LogP contribution in [0.4, 0.5) is 10.5 Å². The Balaban J connectivity index is 1.94. The molecule has 2 saturated heterocycles. The SMILES string of the molecule is CC(C)(C)c1cc(N2CCC(=O)NC2=O)cc(CN2CCCC(C(=O)O)C2)c1O. The van der Waals surface area contributed by atoms with Crippen molar-refractivity contribution in [1.29, 1.82) is 0 Å². The molecule has 0 aromatic heterocycles. The third-order valence-electron chi connectivity index (χ3n) is 5.60. The van der Waals surface area contributed by atoms with E-state index < -0.39 is 17.9 Å². The first-order valence-electron chi connectivity index (χ1n) is 9.99. The average Bonchev–Trinajstić information content (AvgIpc) is 2.63. The van der Waals surface area contributed by atoms with Crippen molar-refractivity contribution in [2.45, 2.75) is 52.0 Å². The number of phenols is 1. The highest BCUT2D eigenvalue weighted by atomic mass is 16.4. The van der Waals surface area contributed by atoms with E-state index in [1.807, 2.05) is 25.7 Å². The maximum absolute atomic E-state index is 12.3. The molecule has 1 aromatic carbocycles. The fourth-order valence-corrected chi connectivity index (χ4v) is 3.98. The van der Waals surface area contributed by atoms with Crippen LogP contribution in [0.25, 0.3) is 0 Å². The van der Waals surface area contributed by atoms with Crippen molar-refractivity contribution in [2.75, 3.05) is 24.5 Å². The lowest BCUT2D eigenvalue weighted by Gasteiger charge is -2.33. The first-order valence-corrected chi connectivity index (χ1v) is 9.99. The summed E-state index contributed by atoms with van der Waals surface area (Å²) in [6.07, 6.45) is 1.67. The number of piperidine rings is 1. The molecule has 2 aliphatic rings. The molecule has 0 saturated carbocycles. The number of carboxylic acids is 1. The Labute approximate surface area is 170 Å². The van der Waals surface area contributed by atoms with E-state index in [9.17, 15) is 24.6 Å². The molecule has 29 heavy (non-hydrogen) atoms. The summed E-state index contributed by atoms with van der Waals surface area (Å²) in [6.45, 7) is 7.83. The van der Waals surface area contributed by atoms with Crippen LogP contribution >= 0.6 is 0 Å². The molecule has 2 heterocycles. The van der Waals surface area contributed by atoms with E-state index in [0.29, 0.717) is 36.3 Å². The van der Waals surface area contributed by atoms with Crippen LogP contribution in [0, 0.1) is 5.92 Å². The predicted molar refractivity (Wildman–Crippen MR) is 108 cm³/mol. The van der Waals surface area contributed by atoms with E-state index in [1.165, 1.54) is 4.90 Å². The zero-order chi connectivity index (χ0) is 21.3. The summed E-state index contributed by atoms with van der Waals surface area (Å²) in [5.74, 6) is -1.32. The summed E-state index contributed by atoms with van der Waals surface area (Å²) in [5.41, 5.74) is 1.63. The fourth-order valence-electron chi connectivity index (χ4n) is 3.98. The number of carbonyl (C=O) groups is 3. The van der Waals surface area contributed by atoms with Gasteiger partial charge in [-0.05, 0) is 36.9 Å². The third kappa shape index (κ3) is 4.70. The molecular formula is C21H29N3O5. The summed E-state index contributed by atoms with van der Waals surface area (Å²) >= 11 is 0. The van der Waals surface area contributed by atoms with Gasteiger partial charge in [0, 0.05) is 42.9 Å². The second kappa shape index (κ2) is 8.02. The number of nitrogens with one attached hydrogen (secondary N) is 1. The number of amides is 3. The zero-order valence-electron chi connectivity index (χ0n) is 17.2. The summed E-state index contributed by atoms with van der Waals surface area (Å²) in [6, 6.07) is 3.09. The predicted octanol–water partition coefficient (Wildman–Crippen LogP) is 2.43. The van der Waals surface area contributed by atoms with Crippen molar-refractivity contribution in [2.24, 2.45) is 5.92 Å². The number of urea groups is 1. The van der Waals surface area contributed by atoms with E-state index in [1.54, 1.807) is 12.1 Å². The first-order chi connectivity index (χ1) is 13.6. The molecule has 2 fully saturated rings. The normalized spacial score (nSPS) is 21.2. The van der Waals surface area contributed by atoms with Gasteiger partial charge in [0.15, 0.2) is 0 Å². The van der Waals surface area contributed by atoms with Crippen molar-refractivity contribution in [1.82, 2.24) is 10.2 Å². The van der Waals surface area contributed by atoms with Crippen LogP contribution in [-0.4, -0.2) is 52.7 Å². The lowest BCUT2D eigenvalue weighted by atomic mass is 9.84. The Kier molecular flexibility index (Phi) is 5.84. The summed E-state index contributed by atoms with van der Waals surface area (Å²) in [4.78, 5) is 38.7. The van der Waals surface area contributed by atoms with E-state index in [2.05, 4.69) is 5.32 Å². The molecular weight excluding hydrogens is 374 g/mol. The molecule has 3 amide bonds. The number of nitrogens with zero attached hydrogens (tertiary/aromatic N) is 2. The van der Waals surface area contributed by atoms with E-state index >= 15 is 0 Å². The number of likely N-dealkylation sites (tertiary alicyclic amines) is 1. The van der Waals surface area contributed by atoms with Crippen LogP contribution in [0.3, 0.4) is 0 Å². The molecule has 0 spiro atoms. The minimum Gasteiger partial charge on any atom is -0.507 e. The van der Waals surface area contributed by atoms with Crippen molar-refractivity contribution in [3.63, 3.8) is 0 Å². The largest absolute Gasteiger partial charge is 0.507 e. The standard InChI is InChI=1S/C21H29N3O5/c1-21(2,3)16-10-15(24-8-6-17(25)22-20(24)29)9-14(18(16)26)12-23-7-4-5-13(11-23)19(27)28/h9-10,13,26H,4-8,11-12H2,1-3H3,(H,27,28)(H,22,25,29). The van der Waals surface area contributed by atoms with Crippen molar-refractivity contribution in [3.8, 4) is 5.75 Å². The Hall–Kier alpha value is -2.61. The van der Waals surface area contributed by atoms with Gasteiger partial charge in [-0.25, -0.2) is 4.79 Å². The molecule has 0 aliphatic carbocycles. The zero-order valence-corrected chi connectivity index (χ0v) is 17.2. The lowest BCUT2D eigenvalue weighted by Crippen LogP contribution is -2.49. The molecule has 1 unspecified atom stereocenters. The Morgan fingerprint density at radius 2 is 1.97 bits per heavy atom. The van der Waals surface area contributed by atoms with Gasteiger partial charge in [0.1, 0.15) is 5.75 Å². The summed E-state index contributed by atoms with van der Waals surface area (Å²) in [7, 11) is 0. The van der Waals surface area contributed by atoms with Crippen molar-refractivity contribution >= 4 is 23.6 Å². The van der Waals surface area contributed by atoms with Crippen LogP contribution in [0.5, 0.6) is 5.75 Å². The molecule has 0 radical (unpaired) electrons. The molecule has 8 heteroatoms. The van der Waals surface area contributed by atoms with Crippen LogP contribution < -0.4 is 10.2 Å². The average molecular weight is 403 g/mol. The lowest BCUT2D eigenvalue weighted by molar-refractivity contribution is -0.143. The first kappa shape index (κ1) is 21.1. The van der Waals surface area contributed by atoms with Crippen LogP contribution in [0.2, 0.25) is 0 Å². The number of aromatic hydroxyl groups is 1. The molecule has 2 aliphatic heterocycles. The maximum Gasteiger partial charge on any atom is 0.328 e. The van der Waals surface area contributed by atoms with Gasteiger partial charge in [0.2, 0.25) is 5.91 Å².